The summed E-state index contributed by atoms with van der Waals surface area (Å²) in [6, 6.07) is 116. The van der Waals surface area contributed by atoms with E-state index >= 15 is 0 Å². The van der Waals surface area contributed by atoms with E-state index in [4.69, 9.17) is 19.9 Å². The lowest BCUT2D eigenvalue weighted by Gasteiger charge is -2.12. The van der Waals surface area contributed by atoms with Crippen molar-refractivity contribution in [3.05, 3.63) is 328 Å². The van der Waals surface area contributed by atoms with E-state index in [0.29, 0.717) is 17.5 Å². The Morgan fingerprint density at radius 2 is 0.609 bits per heavy atom. The summed E-state index contributed by atoms with van der Waals surface area (Å²) in [5.74, 6) is 1.95. The van der Waals surface area contributed by atoms with Crippen LogP contribution in [0, 0.1) is 0 Å². The standard InChI is InChI=1S/C43H28N2S.C41H26N4S/c1-4-12-29(13-5-1)34-26-37(30-14-6-2-7-15-30)44-38(27-34)31-20-23-35(24-21-31)45-39-19-11-10-18-36(39)42-40(45)25-22-33-28-41(46-43(33)42)32-16-8-3-9-17-32;1-4-13-27(14-5-1)36-26-30-23-24-35-37(38(30)46-36)33-21-10-11-22-34(33)45(35)32-20-12-19-31(25-32)41-43-39(28-15-6-2-7-16-28)42-40(44-41)29-17-8-3-9-18-29/h1-28H;1-26H. The van der Waals surface area contributed by atoms with Gasteiger partial charge in [0.15, 0.2) is 17.5 Å². The molecular formula is C84H54N6S2. The van der Waals surface area contributed by atoms with Gasteiger partial charge in [0.1, 0.15) is 0 Å². The molecule has 0 radical (unpaired) electrons. The first-order chi connectivity index (χ1) is 45.6. The number of aromatic nitrogens is 6. The average molecular weight is 1210 g/mol. The minimum Gasteiger partial charge on any atom is -0.309 e. The summed E-state index contributed by atoms with van der Waals surface area (Å²) in [6.07, 6.45) is 0. The number of rotatable bonds is 10. The highest BCUT2D eigenvalue weighted by Crippen LogP contribution is 2.45. The molecule has 18 aromatic rings. The maximum absolute atomic E-state index is 5.15. The van der Waals surface area contributed by atoms with Crippen molar-refractivity contribution in [2.24, 2.45) is 0 Å². The second-order valence-electron chi connectivity index (χ2n) is 22.9. The molecule has 0 aliphatic carbocycles. The molecule has 18 rings (SSSR count). The summed E-state index contributed by atoms with van der Waals surface area (Å²) in [5.41, 5.74) is 18.8. The Hall–Kier alpha value is -11.7. The average Bonchev–Trinajstić information content (AvgIpc) is 1.58. The molecule has 8 heteroatoms. The van der Waals surface area contributed by atoms with Crippen LogP contribution >= 0.6 is 22.7 Å². The van der Waals surface area contributed by atoms with Crippen LogP contribution in [0.25, 0.3) is 164 Å². The number of fused-ring (bicyclic) bond motifs is 10. The lowest BCUT2D eigenvalue weighted by molar-refractivity contribution is 1.07. The van der Waals surface area contributed by atoms with Crippen molar-refractivity contribution in [1.29, 1.82) is 0 Å². The zero-order valence-electron chi connectivity index (χ0n) is 49.7. The molecule has 0 bridgehead atoms. The number of nitrogens with zero attached hydrogens (tertiary/aromatic N) is 6. The minimum atomic E-state index is 0.642. The zero-order valence-corrected chi connectivity index (χ0v) is 51.3. The number of pyridine rings is 1. The lowest BCUT2D eigenvalue weighted by Crippen LogP contribution is -2.01. The van der Waals surface area contributed by atoms with E-state index in [-0.39, 0.29) is 0 Å². The second-order valence-corrected chi connectivity index (χ2v) is 25.0. The van der Waals surface area contributed by atoms with Crippen molar-refractivity contribution in [3.8, 4) is 100 Å². The minimum absolute atomic E-state index is 0.642. The molecule has 0 N–H and O–H groups in total. The molecule has 6 nitrogen and oxygen atoms in total. The number of benzene rings is 12. The number of thiophene rings is 2. The third-order valence-corrected chi connectivity index (χ3v) is 19.7. The summed E-state index contributed by atoms with van der Waals surface area (Å²) < 4.78 is 7.41. The molecule has 12 aromatic carbocycles. The fourth-order valence-corrected chi connectivity index (χ4v) is 15.3. The maximum atomic E-state index is 5.15. The quantitative estimate of drug-likeness (QED) is 0.137. The normalized spacial score (nSPS) is 11.5. The molecule has 6 aromatic heterocycles. The molecule has 0 aliphatic heterocycles. The van der Waals surface area contributed by atoms with E-state index in [1.165, 1.54) is 90.2 Å². The molecule has 0 fully saturated rings. The molecule has 92 heavy (non-hydrogen) atoms. The van der Waals surface area contributed by atoms with E-state index in [1.807, 2.05) is 89.4 Å². The van der Waals surface area contributed by atoms with E-state index in [9.17, 15) is 0 Å². The van der Waals surface area contributed by atoms with E-state index in [0.717, 1.165) is 56.1 Å². The highest BCUT2D eigenvalue weighted by molar-refractivity contribution is 7.23. The predicted octanol–water partition coefficient (Wildman–Crippen LogP) is 22.9. The van der Waals surface area contributed by atoms with Crippen LogP contribution in [0.1, 0.15) is 0 Å². The van der Waals surface area contributed by atoms with Crippen molar-refractivity contribution in [3.63, 3.8) is 0 Å². The summed E-state index contributed by atoms with van der Waals surface area (Å²) >= 11 is 3.74. The van der Waals surface area contributed by atoms with Gasteiger partial charge >= 0.3 is 0 Å². The van der Waals surface area contributed by atoms with Crippen LogP contribution in [0.15, 0.2) is 328 Å². The van der Waals surface area contributed by atoms with Crippen LogP contribution in [0.4, 0.5) is 0 Å². The van der Waals surface area contributed by atoms with Crippen molar-refractivity contribution >= 4 is 86.5 Å². The van der Waals surface area contributed by atoms with E-state index < -0.39 is 0 Å². The van der Waals surface area contributed by atoms with Gasteiger partial charge in [-0.05, 0) is 106 Å². The Morgan fingerprint density at radius 3 is 1.09 bits per heavy atom. The van der Waals surface area contributed by atoms with Gasteiger partial charge in [0.2, 0.25) is 0 Å². The van der Waals surface area contributed by atoms with Crippen molar-refractivity contribution in [2.75, 3.05) is 0 Å². The SMILES string of the molecule is c1ccc(-c2cc(-c3ccccc3)nc(-c3ccc(-n4c5ccccc5c5c6sc(-c7ccccc7)cc6ccc54)cc3)c2)cc1.c1ccc(-c2nc(-c3ccccc3)nc(-c3cccc(-n4c5ccccc5c5c6sc(-c7ccccc7)cc6ccc54)c3)n2)cc1. The first-order valence-electron chi connectivity index (χ1n) is 30.8. The van der Waals surface area contributed by atoms with Crippen LogP contribution in [0.3, 0.4) is 0 Å². The van der Waals surface area contributed by atoms with E-state index in [2.05, 4.69) is 270 Å². The van der Waals surface area contributed by atoms with Gasteiger partial charge in [-0.15, -0.1) is 22.7 Å². The van der Waals surface area contributed by atoms with Crippen molar-refractivity contribution < 1.29 is 0 Å². The first-order valence-corrected chi connectivity index (χ1v) is 32.5. The molecule has 432 valence electrons. The Balaban J connectivity index is 0.000000141. The van der Waals surface area contributed by atoms with Crippen molar-refractivity contribution in [1.82, 2.24) is 29.1 Å². The Bertz CT molecular complexity index is 5610. The van der Waals surface area contributed by atoms with Crippen LogP contribution in [0.5, 0.6) is 0 Å². The molecule has 0 amide bonds. The topological polar surface area (TPSA) is 61.4 Å². The van der Waals surface area contributed by atoms with Gasteiger partial charge in [-0.3, -0.25) is 0 Å². The largest absolute Gasteiger partial charge is 0.309 e. The summed E-state index contributed by atoms with van der Waals surface area (Å²) in [5, 5.41) is 7.66. The van der Waals surface area contributed by atoms with Crippen LogP contribution in [0.2, 0.25) is 0 Å². The summed E-state index contributed by atoms with van der Waals surface area (Å²) in [7, 11) is 0. The van der Waals surface area contributed by atoms with Crippen LogP contribution in [-0.2, 0) is 0 Å². The molecule has 0 aliphatic rings. The maximum Gasteiger partial charge on any atom is 0.164 e. The molecule has 0 saturated heterocycles. The van der Waals surface area contributed by atoms with Crippen molar-refractivity contribution in [2.45, 2.75) is 0 Å². The Morgan fingerprint density at radius 1 is 0.228 bits per heavy atom. The number of para-hydroxylation sites is 2. The fraction of sp³-hybridized carbons (Fsp3) is 0. The molecular weight excluding hydrogens is 1160 g/mol. The third-order valence-electron chi connectivity index (χ3n) is 17.2. The highest BCUT2D eigenvalue weighted by Gasteiger charge is 2.21. The number of hydrogen-bond donors (Lipinski definition) is 0. The first kappa shape index (κ1) is 54.5. The van der Waals surface area contributed by atoms with Gasteiger partial charge in [0.05, 0.1) is 33.5 Å². The molecule has 0 saturated carbocycles. The van der Waals surface area contributed by atoms with E-state index in [1.54, 1.807) is 0 Å². The molecule has 6 heterocycles. The van der Waals surface area contributed by atoms with Gasteiger partial charge in [-0.25, -0.2) is 19.9 Å². The van der Waals surface area contributed by atoms with Gasteiger partial charge in [0.25, 0.3) is 0 Å². The Labute approximate surface area is 539 Å². The van der Waals surface area contributed by atoms with Crippen LogP contribution < -0.4 is 0 Å². The Kier molecular flexibility index (Phi) is 13.8. The second kappa shape index (κ2) is 23.4. The summed E-state index contributed by atoms with van der Waals surface area (Å²) in [4.78, 5) is 22.6. The van der Waals surface area contributed by atoms with Crippen LogP contribution in [-0.4, -0.2) is 29.1 Å². The zero-order chi connectivity index (χ0) is 60.9. The highest BCUT2D eigenvalue weighted by atomic mass is 32.1. The molecule has 0 unspecified atom stereocenters. The molecule has 0 atom stereocenters. The van der Waals surface area contributed by atoms with Gasteiger partial charge in [-0.2, -0.15) is 0 Å². The summed E-state index contributed by atoms with van der Waals surface area (Å²) in [6.45, 7) is 0. The third kappa shape index (κ3) is 10.0. The predicted molar refractivity (Wildman–Crippen MR) is 387 cm³/mol. The number of hydrogen-bond acceptors (Lipinski definition) is 6. The smallest absolute Gasteiger partial charge is 0.164 e. The fourth-order valence-electron chi connectivity index (χ4n) is 12.9. The van der Waals surface area contributed by atoms with Gasteiger partial charge in [0, 0.05) is 79.9 Å². The monoisotopic (exact) mass is 1210 g/mol. The van der Waals surface area contributed by atoms with Gasteiger partial charge in [-0.1, -0.05) is 255 Å². The molecule has 0 spiro atoms. The lowest BCUT2D eigenvalue weighted by atomic mass is 10.00. The van der Waals surface area contributed by atoms with Gasteiger partial charge < -0.3 is 9.13 Å².